The number of hydrazine groups is 1. The van der Waals surface area contributed by atoms with Crippen LogP contribution in [0.25, 0.3) is 0 Å². The number of nitrogens with one attached hydrogen (secondary N) is 2. The molecule has 1 aromatic heterocycles. The highest BCUT2D eigenvalue weighted by Crippen LogP contribution is 2.31. The number of amides is 4. The van der Waals surface area contributed by atoms with Gasteiger partial charge in [-0.15, -0.1) is 11.3 Å². The standard InChI is InChI=1S/C20H22N4O5S2/c1-3-20(13-8-6-5-7-9-13)17(27)24(18(28)22-20)23-15(25)12-31-19-21-14(11-30-19)10-16(26)29-4-2/h5-9,11H,3-4,10,12H2,1-2H3,(H,22,28)(H,23,25). The normalized spacial score (nSPS) is 18.1. The van der Waals surface area contributed by atoms with Crippen LogP contribution in [0.4, 0.5) is 4.79 Å². The second-order valence-corrected chi connectivity index (χ2v) is 8.69. The number of hydrogen-bond donors (Lipinski definition) is 2. The first-order valence-electron chi connectivity index (χ1n) is 9.64. The first kappa shape index (κ1) is 22.8. The molecule has 1 atom stereocenters. The molecule has 1 fully saturated rings. The molecule has 31 heavy (non-hydrogen) atoms. The van der Waals surface area contributed by atoms with E-state index in [2.05, 4.69) is 15.7 Å². The number of rotatable bonds is 9. The fraction of sp³-hybridized carbons (Fsp3) is 0.350. The topological polar surface area (TPSA) is 118 Å². The molecule has 0 bridgehead atoms. The van der Waals surface area contributed by atoms with Crippen LogP contribution in [0.2, 0.25) is 0 Å². The van der Waals surface area contributed by atoms with Crippen molar-refractivity contribution in [2.45, 2.75) is 36.6 Å². The van der Waals surface area contributed by atoms with Crippen LogP contribution in [0.3, 0.4) is 0 Å². The Morgan fingerprint density at radius 3 is 2.68 bits per heavy atom. The van der Waals surface area contributed by atoms with Crippen LogP contribution in [0, 0.1) is 0 Å². The lowest BCUT2D eigenvalue weighted by molar-refractivity contribution is -0.142. The van der Waals surface area contributed by atoms with Crippen LogP contribution in [-0.2, 0) is 31.1 Å². The minimum Gasteiger partial charge on any atom is -0.466 e. The Balaban J connectivity index is 1.58. The van der Waals surface area contributed by atoms with E-state index in [0.717, 1.165) is 16.8 Å². The van der Waals surface area contributed by atoms with Gasteiger partial charge in [0.25, 0.3) is 5.91 Å². The zero-order valence-corrected chi connectivity index (χ0v) is 18.7. The van der Waals surface area contributed by atoms with Gasteiger partial charge in [0, 0.05) is 5.38 Å². The average Bonchev–Trinajstić information content (AvgIpc) is 3.30. The fourth-order valence-electron chi connectivity index (χ4n) is 3.12. The zero-order chi connectivity index (χ0) is 22.4. The molecule has 1 aliphatic rings. The van der Waals surface area contributed by atoms with E-state index in [0.29, 0.717) is 28.6 Å². The van der Waals surface area contributed by atoms with E-state index in [4.69, 9.17) is 4.74 Å². The third-order valence-electron chi connectivity index (χ3n) is 4.61. The Kier molecular flexibility index (Phi) is 7.29. The predicted molar refractivity (Wildman–Crippen MR) is 115 cm³/mol. The van der Waals surface area contributed by atoms with Gasteiger partial charge in [0.2, 0.25) is 5.91 Å². The van der Waals surface area contributed by atoms with Crippen LogP contribution < -0.4 is 10.7 Å². The predicted octanol–water partition coefficient (Wildman–Crippen LogP) is 2.23. The fourth-order valence-corrected chi connectivity index (χ4v) is 4.76. The van der Waals surface area contributed by atoms with Crippen LogP contribution in [0.5, 0.6) is 0 Å². The van der Waals surface area contributed by atoms with Crippen LogP contribution >= 0.6 is 23.1 Å². The highest BCUT2D eigenvalue weighted by Gasteiger charge is 2.52. The smallest absolute Gasteiger partial charge is 0.344 e. The molecule has 2 heterocycles. The van der Waals surface area contributed by atoms with Crippen molar-refractivity contribution in [2.24, 2.45) is 0 Å². The van der Waals surface area contributed by atoms with Crippen molar-refractivity contribution < 1.29 is 23.9 Å². The summed E-state index contributed by atoms with van der Waals surface area (Å²) in [4.78, 5) is 53.6. The molecule has 0 saturated carbocycles. The van der Waals surface area contributed by atoms with E-state index in [1.165, 1.54) is 11.3 Å². The third-order valence-corrected chi connectivity index (χ3v) is 6.68. The number of carbonyl (C=O) groups excluding carboxylic acids is 4. The van der Waals surface area contributed by atoms with Gasteiger partial charge in [-0.25, -0.2) is 9.78 Å². The summed E-state index contributed by atoms with van der Waals surface area (Å²) in [5.74, 6) is -1.46. The zero-order valence-electron chi connectivity index (χ0n) is 17.0. The molecule has 2 aromatic rings. The van der Waals surface area contributed by atoms with Gasteiger partial charge in [0.1, 0.15) is 5.54 Å². The average molecular weight is 463 g/mol. The van der Waals surface area contributed by atoms with Crippen molar-refractivity contribution in [3.05, 3.63) is 47.0 Å². The lowest BCUT2D eigenvalue weighted by atomic mass is 9.87. The Bertz CT molecular complexity index is 981. The molecule has 1 aliphatic heterocycles. The Hall–Kier alpha value is -2.92. The number of nitrogens with zero attached hydrogens (tertiary/aromatic N) is 2. The van der Waals surface area contributed by atoms with Crippen molar-refractivity contribution in [3.63, 3.8) is 0 Å². The van der Waals surface area contributed by atoms with Gasteiger partial charge < -0.3 is 10.1 Å². The SMILES string of the molecule is CCOC(=O)Cc1csc(SCC(=O)NN2C(=O)NC(CC)(c3ccccc3)C2=O)n1. The number of hydrogen-bond acceptors (Lipinski definition) is 8. The Labute approximate surface area is 187 Å². The molecule has 11 heteroatoms. The van der Waals surface area contributed by atoms with E-state index in [9.17, 15) is 19.2 Å². The maximum Gasteiger partial charge on any atom is 0.344 e. The number of aromatic nitrogens is 1. The number of urea groups is 1. The quantitative estimate of drug-likeness (QED) is 0.333. The number of thioether (sulfide) groups is 1. The highest BCUT2D eigenvalue weighted by molar-refractivity contribution is 8.01. The Morgan fingerprint density at radius 2 is 2.00 bits per heavy atom. The maximum absolute atomic E-state index is 13.0. The van der Waals surface area contributed by atoms with E-state index in [1.807, 2.05) is 6.07 Å². The number of benzene rings is 1. The van der Waals surface area contributed by atoms with Crippen molar-refractivity contribution in [2.75, 3.05) is 12.4 Å². The van der Waals surface area contributed by atoms with Gasteiger partial charge in [-0.1, -0.05) is 49.0 Å². The summed E-state index contributed by atoms with van der Waals surface area (Å²) in [6, 6.07) is 8.24. The number of imide groups is 1. The summed E-state index contributed by atoms with van der Waals surface area (Å²) in [6.07, 6.45) is 0.406. The molecule has 0 aliphatic carbocycles. The number of thiazole rings is 1. The molecule has 2 N–H and O–H groups in total. The number of carbonyl (C=O) groups is 4. The molecule has 3 rings (SSSR count). The van der Waals surface area contributed by atoms with Crippen molar-refractivity contribution in [1.29, 1.82) is 0 Å². The summed E-state index contributed by atoms with van der Waals surface area (Å²) in [7, 11) is 0. The lowest BCUT2D eigenvalue weighted by Crippen LogP contribution is -2.49. The van der Waals surface area contributed by atoms with Gasteiger partial charge >= 0.3 is 12.0 Å². The van der Waals surface area contributed by atoms with Gasteiger partial charge in [-0.2, -0.15) is 5.01 Å². The van der Waals surface area contributed by atoms with Gasteiger partial charge in [0.05, 0.1) is 24.5 Å². The van der Waals surface area contributed by atoms with E-state index < -0.39 is 23.4 Å². The third kappa shape index (κ3) is 5.05. The Morgan fingerprint density at radius 1 is 1.26 bits per heavy atom. The van der Waals surface area contributed by atoms with Gasteiger partial charge in [-0.05, 0) is 18.9 Å². The van der Waals surface area contributed by atoms with Crippen LogP contribution in [0.15, 0.2) is 40.1 Å². The number of esters is 1. The molecule has 164 valence electrons. The summed E-state index contributed by atoms with van der Waals surface area (Å²) in [5.41, 5.74) is 2.38. The molecular formula is C20H22N4O5S2. The molecule has 4 amide bonds. The molecule has 9 nitrogen and oxygen atoms in total. The molecule has 1 aromatic carbocycles. The minimum atomic E-state index is -1.21. The second kappa shape index (κ2) is 9.92. The molecular weight excluding hydrogens is 440 g/mol. The largest absolute Gasteiger partial charge is 0.466 e. The van der Waals surface area contributed by atoms with Gasteiger partial charge in [-0.3, -0.25) is 19.8 Å². The monoisotopic (exact) mass is 462 g/mol. The highest BCUT2D eigenvalue weighted by atomic mass is 32.2. The summed E-state index contributed by atoms with van der Waals surface area (Å²) in [5, 5.41) is 5.16. The van der Waals surface area contributed by atoms with E-state index >= 15 is 0 Å². The molecule has 1 saturated heterocycles. The molecule has 0 radical (unpaired) electrons. The summed E-state index contributed by atoms with van der Waals surface area (Å²) in [6.45, 7) is 3.83. The van der Waals surface area contributed by atoms with Crippen molar-refractivity contribution in [3.8, 4) is 0 Å². The summed E-state index contributed by atoms with van der Waals surface area (Å²) >= 11 is 2.45. The summed E-state index contributed by atoms with van der Waals surface area (Å²) < 4.78 is 5.48. The van der Waals surface area contributed by atoms with Gasteiger partial charge in [0.15, 0.2) is 4.34 Å². The second-order valence-electron chi connectivity index (χ2n) is 6.61. The van der Waals surface area contributed by atoms with Crippen LogP contribution in [-0.4, -0.2) is 46.2 Å². The van der Waals surface area contributed by atoms with E-state index in [-0.39, 0.29) is 18.1 Å². The van der Waals surface area contributed by atoms with Crippen LogP contribution in [0.1, 0.15) is 31.5 Å². The lowest BCUT2D eigenvalue weighted by Gasteiger charge is -2.25. The first-order chi connectivity index (χ1) is 14.9. The maximum atomic E-state index is 13.0. The minimum absolute atomic E-state index is 0.0477. The molecule has 0 spiro atoms. The first-order valence-corrected chi connectivity index (χ1v) is 11.5. The van der Waals surface area contributed by atoms with E-state index in [1.54, 1.807) is 43.5 Å². The van der Waals surface area contributed by atoms with Crippen molar-refractivity contribution >= 4 is 46.9 Å². The number of ether oxygens (including phenoxy) is 1. The van der Waals surface area contributed by atoms with Crippen molar-refractivity contribution in [1.82, 2.24) is 20.7 Å². The molecule has 1 unspecified atom stereocenters.